The largest absolute Gasteiger partial charge is 0.300 e. The Morgan fingerprint density at radius 1 is 1.08 bits per heavy atom. The van der Waals surface area contributed by atoms with Gasteiger partial charge in [-0.2, -0.15) is 5.10 Å². The molecule has 0 N–H and O–H groups in total. The Morgan fingerprint density at radius 2 is 1.92 bits per heavy atom. The lowest BCUT2D eigenvalue weighted by Gasteiger charge is -2.17. The second kappa shape index (κ2) is 7.06. The minimum atomic E-state index is -0.916. The van der Waals surface area contributed by atoms with Crippen molar-refractivity contribution in [1.82, 2.24) is 24.6 Å². The van der Waals surface area contributed by atoms with Gasteiger partial charge in [0.2, 0.25) is 0 Å². The van der Waals surface area contributed by atoms with Crippen molar-refractivity contribution in [3.05, 3.63) is 41.9 Å². The Morgan fingerprint density at radius 3 is 2.76 bits per heavy atom. The van der Waals surface area contributed by atoms with E-state index in [1.807, 2.05) is 18.3 Å². The standard InChI is InChI=1S/C18H19ClFN5/c19-18-4-3-16-17(23-18)7-13(8-21-16)14-9-22-25(10-14)12-15(20)11-24-5-1-2-6-24/h3-4,7-10,15H,1-2,5-6,11-12H2. The maximum Gasteiger partial charge on any atom is 0.132 e. The van der Waals surface area contributed by atoms with Crippen LogP contribution in [0.15, 0.2) is 36.8 Å². The lowest BCUT2D eigenvalue weighted by atomic mass is 10.1. The van der Waals surface area contributed by atoms with Gasteiger partial charge >= 0.3 is 0 Å². The van der Waals surface area contributed by atoms with E-state index in [0.717, 1.165) is 35.2 Å². The minimum Gasteiger partial charge on any atom is -0.300 e. The van der Waals surface area contributed by atoms with Crippen molar-refractivity contribution in [2.45, 2.75) is 25.6 Å². The maximum absolute atomic E-state index is 14.3. The number of halogens is 2. The van der Waals surface area contributed by atoms with E-state index in [0.29, 0.717) is 11.7 Å². The fourth-order valence-corrected chi connectivity index (χ4v) is 3.41. The molecule has 1 unspecified atom stereocenters. The van der Waals surface area contributed by atoms with Crippen LogP contribution in [-0.4, -0.2) is 50.5 Å². The van der Waals surface area contributed by atoms with Crippen molar-refractivity contribution in [2.24, 2.45) is 0 Å². The number of alkyl halides is 1. The quantitative estimate of drug-likeness (QED) is 0.653. The summed E-state index contributed by atoms with van der Waals surface area (Å²) in [5.41, 5.74) is 3.30. The van der Waals surface area contributed by atoms with Crippen LogP contribution in [-0.2, 0) is 6.54 Å². The number of nitrogens with zero attached hydrogens (tertiary/aromatic N) is 5. The molecule has 4 rings (SSSR count). The van der Waals surface area contributed by atoms with Gasteiger partial charge in [-0.15, -0.1) is 0 Å². The minimum absolute atomic E-state index is 0.265. The number of hydrogen-bond donors (Lipinski definition) is 0. The Hall–Kier alpha value is -2.05. The number of rotatable bonds is 5. The number of hydrogen-bond acceptors (Lipinski definition) is 4. The van der Waals surface area contributed by atoms with Crippen molar-refractivity contribution in [3.8, 4) is 11.1 Å². The van der Waals surface area contributed by atoms with Crippen LogP contribution in [0.3, 0.4) is 0 Å². The van der Waals surface area contributed by atoms with Gasteiger partial charge in [0.15, 0.2) is 0 Å². The molecule has 0 bridgehead atoms. The molecule has 1 atom stereocenters. The summed E-state index contributed by atoms with van der Waals surface area (Å²) in [4.78, 5) is 10.9. The van der Waals surface area contributed by atoms with Crippen molar-refractivity contribution >= 4 is 22.6 Å². The van der Waals surface area contributed by atoms with Gasteiger partial charge in [0.05, 0.1) is 23.8 Å². The molecule has 3 aromatic rings. The van der Waals surface area contributed by atoms with Crippen LogP contribution in [0.5, 0.6) is 0 Å². The molecule has 0 amide bonds. The first-order valence-electron chi connectivity index (χ1n) is 8.49. The highest BCUT2D eigenvalue weighted by Crippen LogP contribution is 2.22. The Kier molecular flexibility index (Phi) is 4.63. The van der Waals surface area contributed by atoms with Crippen molar-refractivity contribution < 1.29 is 4.39 Å². The second-order valence-corrected chi connectivity index (χ2v) is 6.84. The first kappa shape index (κ1) is 16.4. The molecule has 1 aliphatic heterocycles. The molecular formula is C18H19ClFN5. The molecule has 0 spiro atoms. The van der Waals surface area contributed by atoms with Crippen LogP contribution >= 0.6 is 11.6 Å². The molecule has 25 heavy (non-hydrogen) atoms. The molecule has 0 aromatic carbocycles. The number of fused-ring (bicyclic) bond motifs is 1. The Balaban J connectivity index is 1.48. The molecule has 130 valence electrons. The molecule has 0 saturated carbocycles. The monoisotopic (exact) mass is 359 g/mol. The predicted molar refractivity (Wildman–Crippen MR) is 96.3 cm³/mol. The molecular weight excluding hydrogens is 341 g/mol. The van der Waals surface area contributed by atoms with Crippen LogP contribution in [0.2, 0.25) is 5.15 Å². The van der Waals surface area contributed by atoms with E-state index >= 15 is 0 Å². The van der Waals surface area contributed by atoms with Crippen LogP contribution < -0.4 is 0 Å². The van der Waals surface area contributed by atoms with Crippen LogP contribution in [0.4, 0.5) is 4.39 Å². The highest BCUT2D eigenvalue weighted by atomic mass is 35.5. The first-order chi connectivity index (χ1) is 12.2. The van der Waals surface area contributed by atoms with Gasteiger partial charge < -0.3 is 4.90 Å². The third-order valence-electron chi connectivity index (χ3n) is 4.51. The molecule has 4 heterocycles. The van der Waals surface area contributed by atoms with Crippen LogP contribution in [0.1, 0.15) is 12.8 Å². The fraction of sp³-hybridized carbons (Fsp3) is 0.389. The van der Waals surface area contributed by atoms with Gasteiger partial charge in [-0.3, -0.25) is 9.67 Å². The molecule has 3 aromatic heterocycles. The highest BCUT2D eigenvalue weighted by molar-refractivity contribution is 6.29. The SMILES string of the molecule is FC(CN1CCCC1)Cn1cc(-c2cnc3ccc(Cl)nc3c2)cn1. The third kappa shape index (κ3) is 3.80. The average Bonchev–Trinajstić information content (AvgIpc) is 3.26. The summed E-state index contributed by atoms with van der Waals surface area (Å²) in [5.74, 6) is 0. The third-order valence-corrected chi connectivity index (χ3v) is 4.72. The van der Waals surface area contributed by atoms with E-state index < -0.39 is 6.17 Å². The molecule has 1 aliphatic rings. The summed E-state index contributed by atoms with van der Waals surface area (Å²) in [6, 6.07) is 5.48. The van der Waals surface area contributed by atoms with E-state index in [-0.39, 0.29) is 6.54 Å². The van der Waals surface area contributed by atoms with E-state index in [2.05, 4.69) is 20.0 Å². The number of likely N-dealkylation sites (tertiary alicyclic amines) is 1. The molecule has 7 heteroatoms. The molecule has 1 saturated heterocycles. The van der Waals surface area contributed by atoms with Crippen LogP contribution in [0.25, 0.3) is 22.2 Å². The number of aromatic nitrogens is 4. The van der Waals surface area contributed by atoms with E-state index in [4.69, 9.17) is 11.6 Å². The van der Waals surface area contributed by atoms with E-state index in [9.17, 15) is 4.39 Å². The highest BCUT2D eigenvalue weighted by Gasteiger charge is 2.17. The summed E-state index contributed by atoms with van der Waals surface area (Å²) in [5, 5.41) is 4.72. The van der Waals surface area contributed by atoms with Crippen molar-refractivity contribution in [3.63, 3.8) is 0 Å². The maximum atomic E-state index is 14.3. The number of pyridine rings is 2. The fourth-order valence-electron chi connectivity index (χ4n) is 3.26. The molecule has 0 radical (unpaired) electrons. The van der Waals surface area contributed by atoms with E-state index in [1.54, 1.807) is 23.1 Å². The van der Waals surface area contributed by atoms with E-state index in [1.165, 1.54) is 12.8 Å². The summed E-state index contributed by atoms with van der Waals surface area (Å²) in [6.07, 6.45) is 6.79. The molecule has 5 nitrogen and oxygen atoms in total. The van der Waals surface area contributed by atoms with Gasteiger partial charge in [0.25, 0.3) is 0 Å². The topological polar surface area (TPSA) is 46.8 Å². The summed E-state index contributed by atoms with van der Waals surface area (Å²) in [6.45, 7) is 2.75. The predicted octanol–water partition coefficient (Wildman–Crippen LogP) is 3.58. The average molecular weight is 360 g/mol. The van der Waals surface area contributed by atoms with Gasteiger partial charge in [-0.1, -0.05) is 11.6 Å². The zero-order valence-corrected chi connectivity index (χ0v) is 14.5. The smallest absolute Gasteiger partial charge is 0.132 e. The van der Waals surface area contributed by atoms with Gasteiger partial charge in [-0.05, 0) is 44.1 Å². The van der Waals surface area contributed by atoms with Gasteiger partial charge in [0.1, 0.15) is 11.3 Å². The normalized spacial score (nSPS) is 16.6. The summed E-state index contributed by atoms with van der Waals surface area (Å²) >= 11 is 5.95. The Bertz CT molecular complexity index is 875. The molecule has 0 aliphatic carbocycles. The van der Waals surface area contributed by atoms with Crippen LogP contribution in [0, 0.1) is 0 Å². The second-order valence-electron chi connectivity index (χ2n) is 6.45. The Labute approximate surface area is 150 Å². The van der Waals surface area contributed by atoms with Crippen molar-refractivity contribution in [2.75, 3.05) is 19.6 Å². The molecule has 1 fully saturated rings. The zero-order chi connectivity index (χ0) is 17.2. The van der Waals surface area contributed by atoms with Gasteiger partial charge in [0, 0.05) is 30.1 Å². The zero-order valence-electron chi connectivity index (χ0n) is 13.8. The van der Waals surface area contributed by atoms with Gasteiger partial charge in [-0.25, -0.2) is 9.37 Å². The lowest BCUT2D eigenvalue weighted by molar-refractivity contribution is 0.197. The first-order valence-corrected chi connectivity index (χ1v) is 8.87. The lowest BCUT2D eigenvalue weighted by Crippen LogP contribution is -2.30. The van der Waals surface area contributed by atoms with Crippen molar-refractivity contribution in [1.29, 1.82) is 0 Å². The summed E-state index contributed by atoms with van der Waals surface area (Å²) < 4.78 is 15.9. The summed E-state index contributed by atoms with van der Waals surface area (Å²) in [7, 11) is 0.